The molecule has 0 radical (unpaired) electrons. The summed E-state index contributed by atoms with van der Waals surface area (Å²) in [5.41, 5.74) is 7.00. The molecule has 140 valence electrons. The van der Waals surface area contributed by atoms with Crippen molar-refractivity contribution in [2.75, 3.05) is 25.4 Å². The minimum absolute atomic E-state index is 0.249. The van der Waals surface area contributed by atoms with E-state index in [1.165, 1.54) is 0 Å². The lowest BCUT2D eigenvalue weighted by molar-refractivity contribution is 0.0164. The lowest BCUT2D eigenvalue weighted by Crippen LogP contribution is -2.42. The number of ether oxygens (including phenoxy) is 2. The number of para-hydroxylation sites is 2. The van der Waals surface area contributed by atoms with Crippen LogP contribution in [0, 0.1) is 5.92 Å². The highest BCUT2D eigenvalue weighted by atomic mass is 16.6. The van der Waals surface area contributed by atoms with Crippen molar-refractivity contribution < 1.29 is 14.3 Å². The van der Waals surface area contributed by atoms with Crippen LogP contribution in [0.3, 0.4) is 0 Å². The Bertz CT molecular complexity index is 780. The zero-order valence-corrected chi connectivity index (χ0v) is 15.6. The molecule has 1 aliphatic rings. The van der Waals surface area contributed by atoms with Gasteiger partial charge in [0.1, 0.15) is 5.60 Å². The number of fused-ring (bicyclic) bond motifs is 1. The number of carbonyl (C=O) groups excluding carboxylic acids is 1. The first kappa shape index (κ1) is 18.2. The molecule has 2 N–H and O–H groups in total. The summed E-state index contributed by atoms with van der Waals surface area (Å²) in [6.45, 7) is 7.48. The molecule has 1 aromatic carbocycles. The molecule has 1 amide bonds. The fraction of sp³-hybridized carbons (Fsp3) is 0.526. The van der Waals surface area contributed by atoms with Gasteiger partial charge in [-0.3, -0.25) is 0 Å². The van der Waals surface area contributed by atoms with E-state index >= 15 is 0 Å². The number of nitrogens with two attached hydrogens (primary N) is 1. The zero-order chi connectivity index (χ0) is 18.7. The highest BCUT2D eigenvalue weighted by molar-refractivity contribution is 5.76. The van der Waals surface area contributed by atoms with E-state index in [2.05, 4.69) is 9.97 Å². The van der Waals surface area contributed by atoms with Gasteiger partial charge in [0.25, 0.3) is 5.88 Å². The monoisotopic (exact) mass is 358 g/mol. The molecule has 1 aliphatic heterocycles. The van der Waals surface area contributed by atoms with Crippen molar-refractivity contribution in [3.8, 4) is 5.88 Å². The van der Waals surface area contributed by atoms with Crippen molar-refractivity contribution in [1.82, 2.24) is 14.9 Å². The highest BCUT2D eigenvalue weighted by Crippen LogP contribution is 2.24. The van der Waals surface area contributed by atoms with Gasteiger partial charge < -0.3 is 20.1 Å². The van der Waals surface area contributed by atoms with Gasteiger partial charge in [0, 0.05) is 13.1 Å². The van der Waals surface area contributed by atoms with E-state index in [1.807, 2.05) is 45.0 Å². The second kappa shape index (κ2) is 7.35. The van der Waals surface area contributed by atoms with E-state index in [0.29, 0.717) is 37.3 Å². The summed E-state index contributed by atoms with van der Waals surface area (Å²) in [6, 6.07) is 7.56. The number of anilines is 1. The number of nitrogens with zero attached hydrogens (tertiary/aromatic N) is 3. The van der Waals surface area contributed by atoms with Crippen molar-refractivity contribution >= 4 is 22.9 Å². The Morgan fingerprint density at radius 2 is 1.81 bits per heavy atom. The van der Waals surface area contributed by atoms with Gasteiger partial charge in [-0.15, -0.1) is 0 Å². The molecule has 2 heterocycles. The largest absolute Gasteiger partial charge is 0.475 e. The van der Waals surface area contributed by atoms with Crippen LogP contribution >= 0.6 is 0 Å². The quantitative estimate of drug-likeness (QED) is 0.906. The maximum atomic E-state index is 12.1. The third-order valence-electron chi connectivity index (χ3n) is 4.29. The number of aromatic nitrogens is 2. The topological polar surface area (TPSA) is 90.6 Å². The summed E-state index contributed by atoms with van der Waals surface area (Å²) in [4.78, 5) is 22.6. The fourth-order valence-electron chi connectivity index (χ4n) is 2.91. The molecule has 3 rings (SSSR count). The SMILES string of the molecule is CC(C)(C)OC(=O)N1CCC(COc2nc3ccccc3nc2N)CC1. The van der Waals surface area contributed by atoms with E-state index in [1.54, 1.807) is 4.90 Å². The molecule has 0 bridgehead atoms. The van der Waals surface area contributed by atoms with Gasteiger partial charge in [0.15, 0.2) is 5.82 Å². The first-order valence-electron chi connectivity index (χ1n) is 8.95. The molecule has 2 aromatic rings. The van der Waals surface area contributed by atoms with Gasteiger partial charge >= 0.3 is 6.09 Å². The third-order valence-corrected chi connectivity index (χ3v) is 4.29. The van der Waals surface area contributed by atoms with Crippen molar-refractivity contribution in [1.29, 1.82) is 0 Å². The Kier molecular flexibility index (Phi) is 5.15. The van der Waals surface area contributed by atoms with Crippen molar-refractivity contribution in [2.45, 2.75) is 39.2 Å². The maximum Gasteiger partial charge on any atom is 0.410 e. The molecule has 1 fully saturated rings. The summed E-state index contributed by atoms with van der Waals surface area (Å²) < 4.78 is 11.2. The molecule has 0 saturated carbocycles. The number of amides is 1. The molecule has 0 atom stereocenters. The van der Waals surface area contributed by atoms with Crippen LogP contribution in [0.15, 0.2) is 24.3 Å². The van der Waals surface area contributed by atoms with Crippen molar-refractivity contribution in [3.63, 3.8) is 0 Å². The molecule has 1 aromatic heterocycles. The Hall–Kier alpha value is -2.57. The lowest BCUT2D eigenvalue weighted by atomic mass is 9.98. The summed E-state index contributed by atoms with van der Waals surface area (Å²) in [5.74, 6) is 1.02. The van der Waals surface area contributed by atoms with Crippen LogP contribution in [0.5, 0.6) is 5.88 Å². The Balaban J connectivity index is 1.53. The van der Waals surface area contributed by atoms with E-state index in [0.717, 1.165) is 23.9 Å². The Morgan fingerprint density at radius 1 is 1.19 bits per heavy atom. The average molecular weight is 358 g/mol. The summed E-state index contributed by atoms with van der Waals surface area (Å²) >= 11 is 0. The number of carbonyl (C=O) groups is 1. The molecule has 0 aliphatic carbocycles. The first-order chi connectivity index (χ1) is 12.3. The second-order valence-corrected chi connectivity index (χ2v) is 7.62. The van der Waals surface area contributed by atoms with Crippen LogP contribution < -0.4 is 10.5 Å². The molecule has 0 spiro atoms. The van der Waals surface area contributed by atoms with E-state index in [9.17, 15) is 4.79 Å². The van der Waals surface area contributed by atoms with Gasteiger partial charge in [-0.25, -0.2) is 14.8 Å². The smallest absolute Gasteiger partial charge is 0.410 e. The maximum absolute atomic E-state index is 12.1. The van der Waals surface area contributed by atoms with E-state index < -0.39 is 5.60 Å². The molecule has 7 heteroatoms. The number of piperidine rings is 1. The van der Waals surface area contributed by atoms with Gasteiger partial charge in [0.2, 0.25) is 0 Å². The van der Waals surface area contributed by atoms with Crippen LogP contribution in [0.25, 0.3) is 11.0 Å². The summed E-state index contributed by atoms with van der Waals surface area (Å²) in [5, 5.41) is 0. The standard InChI is InChI=1S/C19H26N4O3/c1-19(2,3)26-18(24)23-10-8-13(9-11-23)12-25-17-16(20)21-14-6-4-5-7-15(14)22-17/h4-7,13H,8-12H2,1-3H3,(H2,20,21). The van der Waals surface area contributed by atoms with Gasteiger partial charge in [-0.05, 0) is 51.7 Å². The number of hydrogen-bond donors (Lipinski definition) is 1. The Morgan fingerprint density at radius 3 is 2.42 bits per heavy atom. The number of rotatable bonds is 3. The van der Waals surface area contributed by atoms with E-state index in [-0.39, 0.29) is 6.09 Å². The molecular weight excluding hydrogens is 332 g/mol. The molecule has 0 unspecified atom stereocenters. The predicted octanol–water partition coefficient (Wildman–Crippen LogP) is 3.24. The van der Waals surface area contributed by atoms with E-state index in [4.69, 9.17) is 15.2 Å². The van der Waals surface area contributed by atoms with Gasteiger partial charge in [-0.1, -0.05) is 12.1 Å². The van der Waals surface area contributed by atoms with Crippen molar-refractivity contribution in [3.05, 3.63) is 24.3 Å². The average Bonchev–Trinajstić information content (AvgIpc) is 2.59. The van der Waals surface area contributed by atoms with Crippen LogP contribution in [0.1, 0.15) is 33.6 Å². The number of benzene rings is 1. The zero-order valence-electron chi connectivity index (χ0n) is 15.6. The lowest BCUT2D eigenvalue weighted by Gasteiger charge is -2.33. The van der Waals surface area contributed by atoms with Gasteiger partial charge in [0.05, 0.1) is 17.6 Å². The number of hydrogen-bond acceptors (Lipinski definition) is 6. The normalized spacial score (nSPS) is 15.9. The molecule has 7 nitrogen and oxygen atoms in total. The van der Waals surface area contributed by atoms with Crippen LogP contribution in [-0.2, 0) is 4.74 Å². The Labute approximate surface area is 153 Å². The summed E-state index contributed by atoms with van der Waals surface area (Å²) in [7, 11) is 0. The van der Waals surface area contributed by atoms with Gasteiger partial charge in [-0.2, -0.15) is 0 Å². The molecule has 1 saturated heterocycles. The van der Waals surface area contributed by atoms with Crippen LogP contribution in [0.4, 0.5) is 10.6 Å². The minimum atomic E-state index is -0.469. The van der Waals surface area contributed by atoms with Crippen molar-refractivity contribution in [2.24, 2.45) is 5.92 Å². The predicted molar refractivity (Wildman–Crippen MR) is 100.0 cm³/mol. The highest BCUT2D eigenvalue weighted by Gasteiger charge is 2.27. The second-order valence-electron chi connectivity index (χ2n) is 7.62. The fourth-order valence-corrected chi connectivity index (χ4v) is 2.91. The van der Waals surface area contributed by atoms with Crippen LogP contribution in [0.2, 0.25) is 0 Å². The minimum Gasteiger partial charge on any atom is -0.475 e. The molecular formula is C19H26N4O3. The van der Waals surface area contributed by atoms with Crippen LogP contribution in [-0.4, -0.2) is 46.3 Å². The number of likely N-dealkylation sites (tertiary alicyclic amines) is 1. The first-order valence-corrected chi connectivity index (χ1v) is 8.95. The summed E-state index contributed by atoms with van der Waals surface area (Å²) in [6.07, 6.45) is 1.47. The number of nitrogen functional groups attached to an aromatic ring is 1. The molecule has 26 heavy (non-hydrogen) atoms. The third kappa shape index (κ3) is 4.53.